The van der Waals surface area contributed by atoms with Crippen molar-refractivity contribution in [3.8, 4) is 67.3 Å². The molecule has 0 saturated carbocycles. The Hall–Kier alpha value is -7.62. The molecule has 2 aromatic heterocycles. The smallest absolute Gasteiger partial charge is 0.160 e. The van der Waals surface area contributed by atoms with Crippen molar-refractivity contribution in [3.05, 3.63) is 205 Å². The molecule has 0 radical (unpaired) electrons. The van der Waals surface area contributed by atoms with Crippen molar-refractivity contribution in [2.45, 2.75) is 19.3 Å². The summed E-state index contributed by atoms with van der Waals surface area (Å²) in [5.74, 6) is 0.707. The summed E-state index contributed by atoms with van der Waals surface area (Å²) in [7, 11) is 0. The lowest BCUT2D eigenvalue weighted by Crippen LogP contribution is -2.14. The molecule has 0 saturated heterocycles. The van der Waals surface area contributed by atoms with Gasteiger partial charge in [-0.05, 0) is 102 Å². The first-order valence-electron chi connectivity index (χ1n) is 20.6. The predicted octanol–water partition coefficient (Wildman–Crippen LogP) is 15.3. The van der Waals surface area contributed by atoms with Crippen LogP contribution in [-0.4, -0.2) is 9.97 Å². The monoisotopic (exact) mass is 766 g/mol. The van der Waals surface area contributed by atoms with Gasteiger partial charge in [0.25, 0.3) is 0 Å². The van der Waals surface area contributed by atoms with Crippen molar-refractivity contribution in [1.29, 1.82) is 0 Å². The maximum atomic E-state index is 6.27. The van der Waals surface area contributed by atoms with Crippen LogP contribution in [0.4, 0.5) is 0 Å². The van der Waals surface area contributed by atoms with E-state index in [9.17, 15) is 0 Å². The molecule has 11 aromatic rings. The minimum absolute atomic E-state index is 0.162. The molecule has 3 nitrogen and oxygen atoms in total. The first-order chi connectivity index (χ1) is 29.5. The minimum Gasteiger partial charge on any atom is -0.456 e. The molecule has 2 heterocycles. The van der Waals surface area contributed by atoms with Gasteiger partial charge in [-0.2, -0.15) is 0 Å². The molecule has 3 heteroatoms. The molecule has 0 fully saturated rings. The first kappa shape index (κ1) is 34.4. The highest BCUT2D eigenvalue weighted by molar-refractivity contribution is 6.13. The maximum Gasteiger partial charge on any atom is 0.160 e. The zero-order valence-corrected chi connectivity index (χ0v) is 33.3. The summed E-state index contributed by atoms with van der Waals surface area (Å²) in [6.07, 6.45) is 0. The fourth-order valence-electron chi connectivity index (χ4n) is 9.77. The van der Waals surface area contributed by atoms with Crippen LogP contribution >= 0.6 is 0 Å². The Labute approximate surface area is 348 Å². The van der Waals surface area contributed by atoms with Gasteiger partial charge in [-0.1, -0.05) is 172 Å². The van der Waals surface area contributed by atoms with Crippen molar-refractivity contribution in [2.24, 2.45) is 0 Å². The summed E-state index contributed by atoms with van der Waals surface area (Å²) >= 11 is 0. The lowest BCUT2D eigenvalue weighted by molar-refractivity contribution is 0.661. The Morgan fingerprint density at radius 2 is 0.967 bits per heavy atom. The zero-order valence-electron chi connectivity index (χ0n) is 33.3. The zero-order chi connectivity index (χ0) is 40.0. The van der Waals surface area contributed by atoms with Crippen molar-refractivity contribution >= 4 is 43.5 Å². The highest BCUT2D eigenvalue weighted by Crippen LogP contribution is 2.53. The van der Waals surface area contributed by atoms with Crippen LogP contribution in [-0.2, 0) is 5.41 Å². The standard InChI is InChI=1S/C57H38N2O/c1-57(2)48-26-13-25-45(54(48)47-32-36-17-6-7-18-37(36)33-49(47)57)51-34-50(58-56(59-51)35-15-4-3-5-16-35)44-30-29-40(42-21-8-9-22-43(42)44)38-19-12-20-39(31-38)41-24-14-28-53-55(41)46-23-10-11-27-52(46)60-53/h3-34H,1-2H3. The van der Waals surface area contributed by atoms with E-state index in [4.69, 9.17) is 14.4 Å². The highest BCUT2D eigenvalue weighted by atomic mass is 16.3. The molecule has 282 valence electrons. The van der Waals surface area contributed by atoms with E-state index >= 15 is 0 Å². The van der Waals surface area contributed by atoms with E-state index in [1.54, 1.807) is 0 Å². The average molecular weight is 767 g/mol. The van der Waals surface area contributed by atoms with E-state index in [-0.39, 0.29) is 5.41 Å². The van der Waals surface area contributed by atoms with Crippen molar-refractivity contribution < 1.29 is 4.42 Å². The Balaban J connectivity index is 1.04. The molecule has 0 bridgehead atoms. The summed E-state index contributed by atoms with van der Waals surface area (Å²) < 4.78 is 6.27. The lowest BCUT2D eigenvalue weighted by Gasteiger charge is -2.22. The summed E-state index contributed by atoms with van der Waals surface area (Å²) in [5.41, 5.74) is 16.5. The van der Waals surface area contributed by atoms with Crippen LogP contribution in [0.2, 0.25) is 0 Å². The molecule has 12 rings (SSSR count). The third kappa shape index (κ3) is 5.29. The first-order valence-corrected chi connectivity index (χ1v) is 20.6. The molecule has 0 aliphatic heterocycles. The number of hydrogen-bond acceptors (Lipinski definition) is 3. The van der Waals surface area contributed by atoms with E-state index in [0.29, 0.717) is 5.82 Å². The molecule has 0 unspecified atom stereocenters. The Morgan fingerprint density at radius 1 is 0.383 bits per heavy atom. The SMILES string of the molecule is CC1(C)c2cc3ccccc3cc2-c2c(-c3cc(-c4ccc(-c5cccc(-c6cccc7oc8ccccc8c67)c5)c5ccccc45)nc(-c4ccccc4)n3)cccc21. The fraction of sp³-hybridized carbons (Fsp3) is 0.0526. The maximum absolute atomic E-state index is 6.27. The molecule has 0 N–H and O–H groups in total. The number of rotatable bonds is 5. The quantitative estimate of drug-likeness (QED) is 0.175. The summed E-state index contributed by atoms with van der Waals surface area (Å²) in [5, 5.41) is 7.09. The fourth-order valence-corrected chi connectivity index (χ4v) is 9.77. The minimum atomic E-state index is -0.162. The summed E-state index contributed by atoms with van der Waals surface area (Å²) in [6, 6.07) is 69.5. The van der Waals surface area contributed by atoms with Crippen molar-refractivity contribution in [2.75, 3.05) is 0 Å². The van der Waals surface area contributed by atoms with Gasteiger partial charge in [-0.15, -0.1) is 0 Å². The summed E-state index contributed by atoms with van der Waals surface area (Å²) in [4.78, 5) is 10.7. The van der Waals surface area contributed by atoms with Gasteiger partial charge < -0.3 is 4.42 Å². The van der Waals surface area contributed by atoms with Crippen LogP contribution in [0, 0.1) is 0 Å². The van der Waals surface area contributed by atoms with E-state index in [0.717, 1.165) is 72.1 Å². The molecular formula is C57H38N2O. The van der Waals surface area contributed by atoms with Crippen LogP contribution in [0.25, 0.3) is 111 Å². The number of fused-ring (bicyclic) bond motifs is 8. The number of hydrogen-bond donors (Lipinski definition) is 0. The van der Waals surface area contributed by atoms with Gasteiger partial charge in [0, 0.05) is 32.9 Å². The normalized spacial score (nSPS) is 13.0. The predicted molar refractivity (Wildman–Crippen MR) is 249 cm³/mol. The highest BCUT2D eigenvalue weighted by Gasteiger charge is 2.37. The summed E-state index contributed by atoms with van der Waals surface area (Å²) in [6.45, 7) is 4.69. The second-order valence-electron chi connectivity index (χ2n) is 16.5. The van der Waals surface area contributed by atoms with Gasteiger partial charge in [0.15, 0.2) is 5.82 Å². The number of para-hydroxylation sites is 1. The van der Waals surface area contributed by atoms with Crippen molar-refractivity contribution in [1.82, 2.24) is 9.97 Å². The van der Waals surface area contributed by atoms with Gasteiger partial charge >= 0.3 is 0 Å². The average Bonchev–Trinajstić information content (AvgIpc) is 3.79. The van der Waals surface area contributed by atoms with Gasteiger partial charge in [-0.25, -0.2) is 9.97 Å². The second kappa shape index (κ2) is 13.2. The molecule has 60 heavy (non-hydrogen) atoms. The van der Waals surface area contributed by atoms with E-state index in [1.165, 1.54) is 44.0 Å². The van der Waals surface area contributed by atoms with Gasteiger partial charge in [0.1, 0.15) is 11.2 Å². The van der Waals surface area contributed by atoms with E-state index < -0.39 is 0 Å². The number of nitrogens with zero attached hydrogens (tertiary/aromatic N) is 2. The van der Waals surface area contributed by atoms with E-state index in [2.05, 4.69) is 190 Å². The lowest BCUT2D eigenvalue weighted by atomic mass is 9.81. The second-order valence-corrected chi connectivity index (χ2v) is 16.5. The van der Waals surface area contributed by atoms with Crippen LogP contribution in [0.5, 0.6) is 0 Å². The number of aromatic nitrogens is 2. The van der Waals surface area contributed by atoms with E-state index in [1.807, 2.05) is 18.2 Å². The van der Waals surface area contributed by atoms with Gasteiger partial charge in [0.05, 0.1) is 11.4 Å². The molecule has 1 aliphatic carbocycles. The molecule has 1 aliphatic rings. The third-order valence-corrected chi connectivity index (χ3v) is 12.7. The Morgan fingerprint density at radius 3 is 1.78 bits per heavy atom. The molecular weight excluding hydrogens is 729 g/mol. The number of benzene rings is 9. The Kier molecular flexibility index (Phi) is 7.58. The van der Waals surface area contributed by atoms with Crippen LogP contribution in [0.15, 0.2) is 199 Å². The number of furan rings is 1. The molecule has 0 spiro atoms. The van der Waals surface area contributed by atoms with Crippen LogP contribution in [0.3, 0.4) is 0 Å². The van der Waals surface area contributed by atoms with Crippen LogP contribution in [0.1, 0.15) is 25.0 Å². The van der Waals surface area contributed by atoms with Crippen molar-refractivity contribution in [3.63, 3.8) is 0 Å². The molecule has 0 amide bonds. The van der Waals surface area contributed by atoms with Gasteiger partial charge in [-0.3, -0.25) is 0 Å². The molecule has 0 atom stereocenters. The molecule has 9 aromatic carbocycles. The Bertz CT molecular complexity index is 3520. The third-order valence-electron chi connectivity index (χ3n) is 12.7. The topological polar surface area (TPSA) is 38.9 Å². The van der Waals surface area contributed by atoms with Gasteiger partial charge in [0.2, 0.25) is 0 Å². The largest absolute Gasteiger partial charge is 0.456 e. The van der Waals surface area contributed by atoms with Crippen LogP contribution < -0.4 is 0 Å².